The average molecular weight is 222 g/mol. The van der Waals surface area contributed by atoms with E-state index in [-0.39, 0.29) is 0 Å². The van der Waals surface area contributed by atoms with E-state index in [0.29, 0.717) is 6.04 Å². The molecule has 1 aliphatic rings. The predicted octanol–water partition coefficient (Wildman–Crippen LogP) is 1.22. The molecule has 1 saturated heterocycles. The largest absolute Gasteiger partial charge is 0.400 e. The van der Waals surface area contributed by atoms with Crippen LogP contribution in [0, 0.1) is 0 Å². The van der Waals surface area contributed by atoms with E-state index in [1.807, 2.05) is 0 Å². The Bertz CT molecular complexity index is 269. The minimum absolute atomic E-state index is 0.432. The third-order valence-corrected chi connectivity index (χ3v) is 2.88. The molecule has 0 radical (unpaired) electrons. The van der Waals surface area contributed by atoms with Crippen LogP contribution in [0.2, 0.25) is 0 Å². The van der Waals surface area contributed by atoms with Crippen molar-refractivity contribution >= 4 is 0 Å². The van der Waals surface area contributed by atoms with Crippen LogP contribution in [0.5, 0.6) is 0 Å². The zero-order valence-corrected chi connectivity index (χ0v) is 9.97. The number of nitrogens with zero attached hydrogens (tertiary/aromatic N) is 1. The van der Waals surface area contributed by atoms with Crippen molar-refractivity contribution in [2.75, 3.05) is 20.2 Å². The average Bonchev–Trinajstić information content (AvgIpc) is 2.36. The maximum atomic E-state index is 7.00. The highest BCUT2D eigenvalue weighted by Gasteiger charge is 2.15. The molecule has 0 aromatic heterocycles. The van der Waals surface area contributed by atoms with E-state index in [9.17, 15) is 0 Å². The Morgan fingerprint density at radius 3 is 2.31 bits per heavy atom. The summed E-state index contributed by atoms with van der Waals surface area (Å²) in [5.41, 5.74) is 7.27. The smallest absolute Gasteiger partial charge is 0.0319 e. The summed E-state index contributed by atoms with van der Waals surface area (Å²) in [6.45, 7) is 3.37. The van der Waals surface area contributed by atoms with Crippen LogP contribution in [0.25, 0.3) is 0 Å². The molecule has 1 aliphatic heterocycles. The molecular formula is C13H22N2O. The van der Waals surface area contributed by atoms with Crippen molar-refractivity contribution in [2.24, 2.45) is 5.73 Å². The van der Waals surface area contributed by atoms with E-state index < -0.39 is 0 Å². The lowest BCUT2D eigenvalue weighted by atomic mass is 10.1. The number of benzene rings is 1. The second kappa shape index (κ2) is 7.39. The third-order valence-electron chi connectivity index (χ3n) is 2.88. The van der Waals surface area contributed by atoms with Crippen molar-refractivity contribution in [1.29, 1.82) is 0 Å². The van der Waals surface area contributed by atoms with Crippen molar-refractivity contribution in [3.05, 3.63) is 35.9 Å². The number of hydrogen-bond acceptors (Lipinski definition) is 3. The quantitative estimate of drug-likeness (QED) is 0.791. The van der Waals surface area contributed by atoms with Gasteiger partial charge in [-0.2, -0.15) is 0 Å². The molecule has 1 heterocycles. The maximum Gasteiger partial charge on any atom is 0.0319 e. The van der Waals surface area contributed by atoms with Crippen LogP contribution in [0.1, 0.15) is 18.4 Å². The summed E-state index contributed by atoms with van der Waals surface area (Å²) in [6.07, 6.45) is 2.29. The normalized spacial score (nSPS) is 17.7. The van der Waals surface area contributed by atoms with Crippen LogP contribution < -0.4 is 5.73 Å². The molecule has 3 heteroatoms. The minimum atomic E-state index is 0.432. The minimum Gasteiger partial charge on any atom is -0.400 e. The molecule has 0 saturated carbocycles. The second-order valence-electron chi connectivity index (χ2n) is 4.10. The summed E-state index contributed by atoms with van der Waals surface area (Å²) in [6, 6.07) is 11.1. The standard InChI is InChI=1S/C12H18N2.CH4O/c13-12-6-8-14(9-7-12)10-11-4-2-1-3-5-11;1-2/h1-5,12H,6-10,13H2;2H,1H3. The predicted molar refractivity (Wildman–Crippen MR) is 67.1 cm³/mol. The number of aliphatic hydroxyl groups excluding tert-OH is 1. The summed E-state index contributed by atoms with van der Waals surface area (Å²) in [5.74, 6) is 0. The van der Waals surface area contributed by atoms with Crippen LogP contribution in [0.3, 0.4) is 0 Å². The van der Waals surface area contributed by atoms with Gasteiger partial charge in [-0.15, -0.1) is 0 Å². The van der Waals surface area contributed by atoms with E-state index in [1.54, 1.807) is 0 Å². The van der Waals surface area contributed by atoms with Crippen molar-refractivity contribution in [1.82, 2.24) is 4.90 Å². The van der Waals surface area contributed by atoms with Crippen molar-refractivity contribution < 1.29 is 5.11 Å². The van der Waals surface area contributed by atoms with E-state index in [4.69, 9.17) is 10.8 Å². The van der Waals surface area contributed by atoms with Crippen LogP contribution in [0.4, 0.5) is 0 Å². The maximum absolute atomic E-state index is 7.00. The molecular weight excluding hydrogens is 200 g/mol. The number of aliphatic hydroxyl groups is 1. The van der Waals surface area contributed by atoms with Gasteiger partial charge in [0.15, 0.2) is 0 Å². The van der Waals surface area contributed by atoms with Gasteiger partial charge in [0.1, 0.15) is 0 Å². The molecule has 0 spiro atoms. The van der Waals surface area contributed by atoms with Crippen molar-refractivity contribution in [3.8, 4) is 0 Å². The van der Waals surface area contributed by atoms with Gasteiger partial charge in [-0.05, 0) is 31.5 Å². The van der Waals surface area contributed by atoms with E-state index >= 15 is 0 Å². The van der Waals surface area contributed by atoms with Gasteiger partial charge in [-0.1, -0.05) is 30.3 Å². The van der Waals surface area contributed by atoms with Gasteiger partial charge in [0.25, 0.3) is 0 Å². The Morgan fingerprint density at radius 2 is 1.75 bits per heavy atom. The fourth-order valence-electron chi connectivity index (χ4n) is 1.95. The van der Waals surface area contributed by atoms with Gasteiger partial charge in [0.2, 0.25) is 0 Å². The van der Waals surface area contributed by atoms with E-state index in [1.165, 1.54) is 5.56 Å². The second-order valence-corrected chi connectivity index (χ2v) is 4.10. The Labute approximate surface area is 97.9 Å². The first-order chi connectivity index (χ1) is 7.84. The van der Waals surface area contributed by atoms with E-state index in [2.05, 4.69) is 35.2 Å². The monoisotopic (exact) mass is 222 g/mol. The molecule has 1 aromatic carbocycles. The molecule has 0 atom stereocenters. The Hall–Kier alpha value is -0.900. The molecule has 16 heavy (non-hydrogen) atoms. The van der Waals surface area contributed by atoms with Gasteiger partial charge in [0.05, 0.1) is 0 Å². The highest BCUT2D eigenvalue weighted by molar-refractivity contribution is 5.14. The Kier molecular flexibility index (Phi) is 6.08. The number of nitrogens with two attached hydrogens (primary N) is 1. The lowest BCUT2D eigenvalue weighted by Crippen LogP contribution is -2.39. The van der Waals surface area contributed by atoms with E-state index in [0.717, 1.165) is 39.6 Å². The fourth-order valence-corrected chi connectivity index (χ4v) is 1.95. The zero-order valence-electron chi connectivity index (χ0n) is 9.97. The van der Waals surface area contributed by atoms with Crippen LogP contribution in [0.15, 0.2) is 30.3 Å². The number of likely N-dealkylation sites (tertiary alicyclic amines) is 1. The van der Waals surface area contributed by atoms with Crippen molar-refractivity contribution in [3.63, 3.8) is 0 Å². The molecule has 1 fully saturated rings. The third kappa shape index (κ3) is 4.31. The zero-order chi connectivity index (χ0) is 11.8. The Morgan fingerprint density at radius 1 is 1.19 bits per heavy atom. The summed E-state index contributed by atoms with van der Waals surface area (Å²) in [7, 11) is 1.00. The summed E-state index contributed by atoms with van der Waals surface area (Å²) in [5, 5.41) is 7.00. The summed E-state index contributed by atoms with van der Waals surface area (Å²) >= 11 is 0. The van der Waals surface area contributed by atoms with Crippen molar-refractivity contribution in [2.45, 2.75) is 25.4 Å². The highest BCUT2D eigenvalue weighted by atomic mass is 16.2. The number of piperidine rings is 1. The molecule has 0 bridgehead atoms. The number of rotatable bonds is 2. The lowest BCUT2D eigenvalue weighted by molar-refractivity contribution is 0.205. The highest BCUT2D eigenvalue weighted by Crippen LogP contribution is 2.11. The molecule has 1 aromatic rings. The molecule has 3 nitrogen and oxygen atoms in total. The van der Waals surface area contributed by atoms with Crippen LogP contribution in [-0.4, -0.2) is 36.2 Å². The van der Waals surface area contributed by atoms with Crippen LogP contribution >= 0.6 is 0 Å². The first kappa shape index (κ1) is 13.2. The SMILES string of the molecule is CO.NC1CCN(Cc2ccccc2)CC1. The van der Waals surface area contributed by atoms with Gasteiger partial charge >= 0.3 is 0 Å². The Balaban J connectivity index is 0.000000606. The van der Waals surface area contributed by atoms with Gasteiger partial charge < -0.3 is 10.8 Å². The summed E-state index contributed by atoms with van der Waals surface area (Å²) in [4.78, 5) is 2.48. The molecule has 90 valence electrons. The topological polar surface area (TPSA) is 49.5 Å². The van der Waals surface area contributed by atoms with Crippen LogP contribution in [-0.2, 0) is 6.54 Å². The molecule has 3 N–H and O–H groups in total. The molecule has 0 unspecified atom stereocenters. The van der Waals surface area contributed by atoms with Gasteiger partial charge in [-0.25, -0.2) is 0 Å². The van der Waals surface area contributed by atoms with Gasteiger partial charge in [-0.3, -0.25) is 4.90 Å². The fraction of sp³-hybridized carbons (Fsp3) is 0.538. The first-order valence-corrected chi connectivity index (χ1v) is 5.81. The molecule has 2 rings (SSSR count). The van der Waals surface area contributed by atoms with Gasteiger partial charge in [0, 0.05) is 19.7 Å². The molecule has 0 amide bonds. The number of hydrogen-bond donors (Lipinski definition) is 2. The summed E-state index contributed by atoms with van der Waals surface area (Å²) < 4.78 is 0. The first-order valence-electron chi connectivity index (χ1n) is 5.81. The lowest BCUT2D eigenvalue weighted by Gasteiger charge is -2.29. The molecule has 0 aliphatic carbocycles.